The first-order chi connectivity index (χ1) is 7.48. The van der Waals surface area contributed by atoms with Crippen molar-refractivity contribution in [2.24, 2.45) is 11.7 Å². The first kappa shape index (κ1) is 13.9. The van der Waals surface area contributed by atoms with Gasteiger partial charge in [0, 0.05) is 26.2 Å². The van der Waals surface area contributed by atoms with Gasteiger partial charge < -0.3 is 10.5 Å². The third-order valence-corrected chi connectivity index (χ3v) is 3.76. The summed E-state index contributed by atoms with van der Waals surface area (Å²) in [5.41, 5.74) is 5.85. The second kappa shape index (κ2) is 5.99. The Morgan fingerprint density at radius 3 is 2.69 bits per heavy atom. The van der Waals surface area contributed by atoms with Crippen LogP contribution in [0, 0.1) is 5.92 Å². The van der Waals surface area contributed by atoms with Crippen molar-refractivity contribution in [2.45, 2.75) is 51.7 Å². The molecule has 0 aromatic rings. The van der Waals surface area contributed by atoms with Crippen LogP contribution in [0.25, 0.3) is 0 Å². The van der Waals surface area contributed by atoms with Crippen molar-refractivity contribution in [3.8, 4) is 0 Å². The maximum Gasteiger partial charge on any atom is 0.0638 e. The Labute approximate surface area is 100 Å². The maximum atomic E-state index is 5.91. The zero-order valence-corrected chi connectivity index (χ0v) is 11.3. The van der Waals surface area contributed by atoms with Gasteiger partial charge in [0.05, 0.1) is 5.60 Å². The molecule has 0 bridgehead atoms. The van der Waals surface area contributed by atoms with Crippen molar-refractivity contribution >= 4 is 0 Å². The predicted octanol–water partition coefficient (Wildman–Crippen LogP) is 1.86. The van der Waals surface area contributed by atoms with Gasteiger partial charge in [0.2, 0.25) is 0 Å². The molecule has 1 rings (SSSR count). The average Bonchev–Trinajstić information content (AvgIpc) is 2.26. The molecule has 0 radical (unpaired) electrons. The number of methoxy groups -OCH3 is 1. The Morgan fingerprint density at radius 1 is 1.50 bits per heavy atom. The molecule has 0 aromatic carbocycles. The molecule has 1 aliphatic heterocycles. The number of hydrogen-bond donors (Lipinski definition) is 1. The summed E-state index contributed by atoms with van der Waals surface area (Å²) in [6, 6.07) is 0.470. The molecule has 0 aliphatic carbocycles. The summed E-state index contributed by atoms with van der Waals surface area (Å²) >= 11 is 0. The molecular formula is C13H28N2O. The van der Waals surface area contributed by atoms with Crippen molar-refractivity contribution in [2.75, 3.05) is 26.7 Å². The minimum atomic E-state index is -0.0648. The van der Waals surface area contributed by atoms with E-state index in [0.717, 1.165) is 18.9 Å². The Bertz CT molecular complexity index is 206. The molecular weight excluding hydrogens is 200 g/mol. The van der Waals surface area contributed by atoms with Crippen LogP contribution in [0.2, 0.25) is 0 Å². The largest absolute Gasteiger partial charge is 0.379 e. The van der Waals surface area contributed by atoms with Crippen molar-refractivity contribution in [1.82, 2.24) is 4.90 Å². The van der Waals surface area contributed by atoms with Crippen LogP contribution in [0.1, 0.15) is 40.0 Å². The van der Waals surface area contributed by atoms with Gasteiger partial charge in [-0.05, 0) is 45.6 Å². The number of rotatable bonds is 5. The highest BCUT2D eigenvalue weighted by Gasteiger charge is 2.28. The highest BCUT2D eigenvalue weighted by atomic mass is 16.5. The van der Waals surface area contributed by atoms with Gasteiger partial charge in [0.1, 0.15) is 0 Å². The van der Waals surface area contributed by atoms with Crippen LogP contribution >= 0.6 is 0 Å². The lowest BCUT2D eigenvalue weighted by Gasteiger charge is -2.39. The van der Waals surface area contributed by atoms with Gasteiger partial charge in [-0.15, -0.1) is 0 Å². The number of nitrogens with two attached hydrogens (primary N) is 1. The van der Waals surface area contributed by atoms with Crippen LogP contribution < -0.4 is 5.73 Å². The second-order valence-corrected chi connectivity index (χ2v) is 5.80. The molecule has 1 fully saturated rings. The molecule has 2 N–H and O–H groups in total. The lowest BCUT2D eigenvalue weighted by atomic mass is 9.93. The van der Waals surface area contributed by atoms with E-state index in [4.69, 9.17) is 10.5 Å². The SMILES string of the molecule is COC(C)(C)CC(CN)N1CCCC(C)C1. The van der Waals surface area contributed by atoms with Crippen LogP contribution in [0.3, 0.4) is 0 Å². The van der Waals surface area contributed by atoms with E-state index in [1.165, 1.54) is 25.9 Å². The number of nitrogens with zero attached hydrogens (tertiary/aromatic N) is 1. The van der Waals surface area contributed by atoms with E-state index in [-0.39, 0.29) is 5.60 Å². The minimum absolute atomic E-state index is 0.0648. The number of hydrogen-bond acceptors (Lipinski definition) is 3. The monoisotopic (exact) mass is 228 g/mol. The molecule has 0 aromatic heterocycles. The molecule has 16 heavy (non-hydrogen) atoms. The zero-order valence-electron chi connectivity index (χ0n) is 11.3. The van der Waals surface area contributed by atoms with E-state index in [9.17, 15) is 0 Å². The smallest absolute Gasteiger partial charge is 0.0638 e. The third kappa shape index (κ3) is 4.04. The summed E-state index contributed by atoms with van der Waals surface area (Å²) < 4.78 is 5.51. The summed E-state index contributed by atoms with van der Waals surface area (Å²) in [6.07, 6.45) is 3.69. The quantitative estimate of drug-likeness (QED) is 0.780. The van der Waals surface area contributed by atoms with Crippen LogP contribution in [-0.4, -0.2) is 43.3 Å². The average molecular weight is 228 g/mol. The Hall–Kier alpha value is -0.120. The first-order valence-electron chi connectivity index (χ1n) is 6.48. The van der Waals surface area contributed by atoms with Crippen LogP contribution in [0.4, 0.5) is 0 Å². The van der Waals surface area contributed by atoms with E-state index >= 15 is 0 Å². The van der Waals surface area contributed by atoms with Crippen molar-refractivity contribution < 1.29 is 4.74 Å². The van der Waals surface area contributed by atoms with Crippen LogP contribution in [-0.2, 0) is 4.74 Å². The normalized spacial score (nSPS) is 25.7. The van der Waals surface area contributed by atoms with Crippen molar-refractivity contribution in [3.63, 3.8) is 0 Å². The van der Waals surface area contributed by atoms with E-state index in [2.05, 4.69) is 25.7 Å². The predicted molar refractivity (Wildman–Crippen MR) is 68.5 cm³/mol. The molecule has 0 saturated carbocycles. The van der Waals surface area contributed by atoms with Gasteiger partial charge in [-0.25, -0.2) is 0 Å². The van der Waals surface area contributed by atoms with E-state index < -0.39 is 0 Å². The topological polar surface area (TPSA) is 38.5 Å². The second-order valence-electron chi connectivity index (χ2n) is 5.80. The summed E-state index contributed by atoms with van der Waals surface area (Å²) in [6.45, 7) is 9.75. The van der Waals surface area contributed by atoms with Crippen molar-refractivity contribution in [3.05, 3.63) is 0 Å². The Morgan fingerprint density at radius 2 is 2.19 bits per heavy atom. The standard InChI is InChI=1S/C13H28N2O/c1-11-6-5-7-15(10-11)12(9-14)8-13(2,3)16-4/h11-12H,5-10,14H2,1-4H3. The first-order valence-corrected chi connectivity index (χ1v) is 6.48. The molecule has 96 valence electrons. The molecule has 1 saturated heterocycles. The summed E-state index contributed by atoms with van der Waals surface area (Å²) in [7, 11) is 1.78. The number of piperidine rings is 1. The van der Waals surface area contributed by atoms with E-state index in [1.807, 2.05) is 0 Å². The molecule has 1 heterocycles. The lowest BCUT2D eigenvalue weighted by molar-refractivity contribution is -0.0129. The van der Waals surface area contributed by atoms with Crippen LogP contribution in [0.5, 0.6) is 0 Å². The molecule has 0 spiro atoms. The molecule has 2 unspecified atom stereocenters. The molecule has 0 amide bonds. The number of likely N-dealkylation sites (tertiary alicyclic amines) is 1. The fourth-order valence-corrected chi connectivity index (χ4v) is 2.57. The van der Waals surface area contributed by atoms with Gasteiger partial charge in [0.25, 0.3) is 0 Å². The van der Waals surface area contributed by atoms with Crippen LogP contribution in [0.15, 0.2) is 0 Å². The van der Waals surface area contributed by atoms with Gasteiger partial charge in [-0.3, -0.25) is 4.90 Å². The van der Waals surface area contributed by atoms with Gasteiger partial charge in [-0.1, -0.05) is 6.92 Å². The summed E-state index contributed by atoms with van der Waals surface area (Å²) in [5, 5.41) is 0. The summed E-state index contributed by atoms with van der Waals surface area (Å²) in [4.78, 5) is 2.55. The van der Waals surface area contributed by atoms with Gasteiger partial charge >= 0.3 is 0 Å². The van der Waals surface area contributed by atoms with Gasteiger partial charge in [-0.2, -0.15) is 0 Å². The molecule has 2 atom stereocenters. The van der Waals surface area contributed by atoms with E-state index in [1.54, 1.807) is 7.11 Å². The summed E-state index contributed by atoms with van der Waals surface area (Å²) in [5.74, 6) is 0.813. The maximum absolute atomic E-state index is 5.91. The highest BCUT2D eigenvalue weighted by Crippen LogP contribution is 2.23. The number of ether oxygens (including phenoxy) is 1. The van der Waals surface area contributed by atoms with Crippen molar-refractivity contribution in [1.29, 1.82) is 0 Å². The van der Waals surface area contributed by atoms with Gasteiger partial charge in [0.15, 0.2) is 0 Å². The Balaban J connectivity index is 2.52. The zero-order chi connectivity index (χ0) is 12.2. The fraction of sp³-hybridized carbons (Fsp3) is 1.00. The highest BCUT2D eigenvalue weighted by molar-refractivity contribution is 4.84. The minimum Gasteiger partial charge on any atom is -0.379 e. The third-order valence-electron chi connectivity index (χ3n) is 3.76. The van der Waals surface area contributed by atoms with E-state index in [0.29, 0.717) is 6.04 Å². The molecule has 1 aliphatic rings. The fourth-order valence-electron chi connectivity index (χ4n) is 2.57. The lowest BCUT2D eigenvalue weighted by Crippen LogP contribution is -2.49. The Kier molecular flexibility index (Phi) is 5.22. The molecule has 3 heteroatoms. The molecule has 3 nitrogen and oxygen atoms in total.